The highest BCUT2D eigenvalue weighted by atomic mass is 32.2. The van der Waals surface area contributed by atoms with Crippen LogP contribution in [0.1, 0.15) is 44.9 Å². The molecule has 1 aliphatic rings. The van der Waals surface area contributed by atoms with Gasteiger partial charge in [0.25, 0.3) is 10.1 Å². The molecule has 0 aromatic carbocycles. The number of rotatable bonds is 10. The Morgan fingerprint density at radius 2 is 2.04 bits per heavy atom. The lowest BCUT2D eigenvalue weighted by atomic mass is 9.73. The van der Waals surface area contributed by atoms with Crippen molar-refractivity contribution < 1.29 is 32.7 Å². The molecule has 0 heterocycles. The second-order valence-electron chi connectivity index (χ2n) is 6.34. The van der Waals surface area contributed by atoms with Crippen LogP contribution in [-0.4, -0.2) is 54.8 Å². The van der Waals surface area contributed by atoms with Crippen molar-refractivity contribution in [3.8, 4) is 0 Å². The fraction of sp³-hybridized carbons (Fsp3) is 0.812. The highest BCUT2D eigenvalue weighted by molar-refractivity contribution is 7.86. The first kappa shape index (κ1) is 21.1. The van der Waals surface area contributed by atoms with Crippen LogP contribution in [0.15, 0.2) is 12.2 Å². The molecule has 1 fully saturated rings. The number of aliphatic carboxylic acids is 1. The van der Waals surface area contributed by atoms with Crippen LogP contribution in [0.2, 0.25) is 0 Å². The maximum atomic E-state index is 11.5. The Bertz CT molecular complexity index is 515. The van der Waals surface area contributed by atoms with Crippen LogP contribution < -0.4 is 0 Å². The van der Waals surface area contributed by atoms with Crippen molar-refractivity contribution in [2.75, 3.05) is 12.9 Å². The van der Waals surface area contributed by atoms with E-state index in [1.165, 1.54) is 0 Å². The number of carboxylic acid groups (broad SMARTS) is 1. The summed E-state index contributed by atoms with van der Waals surface area (Å²) in [5.74, 6) is -1.26. The summed E-state index contributed by atoms with van der Waals surface area (Å²) in [6.45, 7) is -0.366. The second kappa shape index (κ2) is 10.1. The first-order valence-electron chi connectivity index (χ1n) is 8.28. The molecule has 0 spiro atoms. The zero-order valence-corrected chi connectivity index (χ0v) is 14.8. The number of carbonyl (C=O) groups is 1. The summed E-state index contributed by atoms with van der Waals surface area (Å²) in [5, 5.41) is 27.9. The van der Waals surface area contributed by atoms with Gasteiger partial charge in [-0.3, -0.25) is 8.98 Å². The third-order valence-electron chi connectivity index (χ3n) is 4.37. The molecule has 1 aliphatic carbocycles. The van der Waals surface area contributed by atoms with Crippen molar-refractivity contribution in [3.05, 3.63) is 12.2 Å². The number of allylic oxidation sites excluding steroid dienone is 2. The quantitative estimate of drug-likeness (QED) is 0.303. The SMILES string of the molecule is CS(=O)(=O)OC1CCCC([C@H](O)CO)C1CC=CCCCC(=O)O. The summed E-state index contributed by atoms with van der Waals surface area (Å²) >= 11 is 0. The van der Waals surface area contributed by atoms with Crippen LogP contribution in [0.25, 0.3) is 0 Å². The summed E-state index contributed by atoms with van der Waals surface area (Å²) in [6, 6.07) is 0. The molecule has 0 aromatic heterocycles. The average molecular weight is 364 g/mol. The van der Waals surface area contributed by atoms with E-state index >= 15 is 0 Å². The Hall–Kier alpha value is -0.960. The summed E-state index contributed by atoms with van der Waals surface area (Å²) in [6.07, 6.45) is 7.21. The van der Waals surface area contributed by atoms with Crippen molar-refractivity contribution in [2.45, 2.75) is 57.2 Å². The molecule has 1 rings (SSSR count). The molecule has 4 atom stereocenters. The van der Waals surface area contributed by atoms with E-state index in [4.69, 9.17) is 9.29 Å². The predicted octanol–water partition coefficient (Wildman–Crippen LogP) is 1.30. The largest absolute Gasteiger partial charge is 0.481 e. The normalized spacial score (nSPS) is 26.5. The van der Waals surface area contributed by atoms with Gasteiger partial charge in [-0.1, -0.05) is 18.6 Å². The van der Waals surface area contributed by atoms with Crippen molar-refractivity contribution in [1.82, 2.24) is 0 Å². The molecule has 7 nitrogen and oxygen atoms in total. The Morgan fingerprint density at radius 3 is 2.62 bits per heavy atom. The number of hydrogen-bond acceptors (Lipinski definition) is 6. The highest BCUT2D eigenvalue weighted by Crippen LogP contribution is 2.37. The maximum Gasteiger partial charge on any atom is 0.303 e. The molecule has 0 amide bonds. The summed E-state index contributed by atoms with van der Waals surface area (Å²) in [5.41, 5.74) is 0. The van der Waals surface area contributed by atoms with Gasteiger partial charge in [-0.15, -0.1) is 0 Å². The van der Waals surface area contributed by atoms with E-state index in [1.54, 1.807) is 0 Å². The second-order valence-corrected chi connectivity index (χ2v) is 7.94. The standard InChI is InChI=1S/C16H28O7S/c1-24(21,22)23-15-9-6-8-12(14(18)11-17)13(15)7-4-2-3-5-10-16(19)20/h2,4,12-15,17-18H,3,5-11H2,1H3,(H,19,20)/t12?,13?,14-,15?/m1/s1. The average Bonchev–Trinajstić information content (AvgIpc) is 2.49. The fourth-order valence-electron chi connectivity index (χ4n) is 3.28. The number of unbranched alkanes of at least 4 members (excludes halogenated alkanes) is 1. The minimum Gasteiger partial charge on any atom is -0.481 e. The van der Waals surface area contributed by atoms with E-state index in [2.05, 4.69) is 0 Å². The van der Waals surface area contributed by atoms with Gasteiger partial charge in [-0.05, 0) is 43.9 Å². The highest BCUT2D eigenvalue weighted by Gasteiger charge is 2.38. The number of carboxylic acids is 1. The fourth-order valence-corrected chi connectivity index (χ4v) is 3.97. The third-order valence-corrected chi connectivity index (χ3v) is 4.97. The van der Waals surface area contributed by atoms with E-state index < -0.39 is 28.3 Å². The molecule has 0 aromatic rings. The van der Waals surface area contributed by atoms with Crippen LogP contribution in [0.3, 0.4) is 0 Å². The Labute approximate surface area is 143 Å². The third kappa shape index (κ3) is 7.74. The van der Waals surface area contributed by atoms with E-state index in [1.807, 2.05) is 12.2 Å². The van der Waals surface area contributed by atoms with Gasteiger partial charge >= 0.3 is 5.97 Å². The molecular formula is C16H28O7S. The van der Waals surface area contributed by atoms with Gasteiger partial charge in [0.05, 0.1) is 25.1 Å². The molecule has 24 heavy (non-hydrogen) atoms. The Morgan fingerprint density at radius 1 is 1.33 bits per heavy atom. The minimum absolute atomic E-state index is 0.111. The molecule has 0 saturated heterocycles. The van der Waals surface area contributed by atoms with Gasteiger partial charge < -0.3 is 15.3 Å². The summed E-state index contributed by atoms with van der Waals surface area (Å²) in [4.78, 5) is 10.5. The van der Waals surface area contributed by atoms with Gasteiger partial charge in [0, 0.05) is 6.42 Å². The lowest BCUT2D eigenvalue weighted by molar-refractivity contribution is -0.137. The molecule has 3 N–H and O–H groups in total. The Balaban J connectivity index is 2.70. The van der Waals surface area contributed by atoms with E-state index in [0.29, 0.717) is 32.1 Å². The minimum atomic E-state index is -3.59. The van der Waals surface area contributed by atoms with Crippen molar-refractivity contribution >= 4 is 16.1 Å². The van der Waals surface area contributed by atoms with Gasteiger partial charge in [0.2, 0.25) is 0 Å². The maximum absolute atomic E-state index is 11.5. The summed E-state index contributed by atoms with van der Waals surface area (Å²) < 4.78 is 28.1. The van der Waals surface area contributed by atoms with Crippen molar-refractivity contribution in [3.63, 3.8) is 0 Å². The molecule has 0 radical (unpaired) electrons. The van der Waals surface area contributed by atoms with Crippen LogP contribution in [-0.2, 0) is 19.1 Å². The van der Waals surface area contributed by atoms with Gasteiger partial charge in [-0.25, -0.2) is 0 Å². The number of aliphatic hydroxyl groups excluding tert-OH is 2. The van der Waals surface area contributed by atoms with Crippen molar-refractivity contribution in [2.24, 2.45) is 11.8 Å². The van der Waals surface area contributed by atoms with Crippen molar-refractivity contribution in [1.29, 1.82) is 0 Å². The van der Waals surface area contributed by atoms with Crippen LogP contribution in [0, 0.1) is 11.8 Å². The molecule has 0 aliphatic heterocycles. The number of aliphatic hydroxyl groups is 2. The molecule has 1 saturated carbocycles. The lowest BCUT2D eigenvalue weighted by Gasteiger charge is -2.38. The zero-order chi connectivity index (χ0) is 18.2. The lowest BCUT2D eigenvalue weighted by Crippen LogP contribution is -2.42. The molecule has 0 bridgehead atoms. The molecular weight excluding hydrogens is 336 g/mol. The van der Waals surface area contributed by atoms with Gasteiger partial charge in [-0.2, -0.15) is 8.42 Å². The molecule has 140 valence electrons. The molecule has 3 unspecified atom stereocenters. The van der Waals surface area contributed by atoms with E-state index in [0.717, 1.165) is 12.7 Å². The monoisotopic (exact) mass is 364 g/mol. The predicted molar refractivity (Wildman–Crippen MR) is 88.9 cm³/mol. The van der Waals surface area contributed by atoms with Crippen LogP contribution in [0.4, 0.5) is 0 Å². The zero-order valence-electron chi connectivity index (χ0n) is 14.0. The smallest absolute Gasteiger partial charge is 0.303 e. The first-order chi connectivity index (χ1) is 11.2. The topological polar surface area (TPSA) is 121 Å². The summed E-state index contributed by atoms with van der Waals surface area (Å²) in [7, 11) is -3.59. The Kier molecular flexibility index (Phi) is 8.90. The van der Waals surface area contributed by atoms with E-state index in [-0.39, 0.29) is 24.9 Å². The van der Waals surface area contributed by atoms with Gasteiger partial charge in [0.1, 0.15) is 0 Å². The van der Waals surface area contributed by atoms with Crippen LogP contribution in [0.5, 0.6) is 0 Å². The number of hydrogen-bond donors (Lipinski definition) is 3. The van der Waals surface area contributed by atoms with Gasteiger partial charge in [0.15, 0.2) is 0 Å². The molecule has 8 heteroatoms. The first-order valence-corrected chi connectivity index (χ1v) is 10.1. The van der Waals surface area contributed by atoms with Crippen LogP contribution >= 0.6 is 0 Å². The van der Waals surface area contributed by atoms with E-state index in [9.17, 15) is 23.4 Å².